The highest BCUT2D eigenvalue weighted by molar-refractivity contribution is 7.07. The van der Waals surface area contributed by atoms with Gasteiger partial charge in [0.2, 0.25) is 0 Å². The standard InChI is InChI=1S/C22H22N4O4S/c27-25(28)18-13-11-16(12-14-18)21-15-31-22(24(21)17-7-3-1-2-4-8-17)23-19-9-5-6-10-20(19)26(29)30/h5-6,9-15,17H,1-4,7-8H2. The minimum Gasteiger partial charge on any atom is -0.313 e. The molecule has 3 aromatic rings. The van der Waals surface area contributed by atoms with E-state index in [0.717, 1.165) is 36.9 Å². The molecule has 0 radical (unpaired) electrons. The third-order valence-corrected chi connectivity index (χ3v) is 6.44. The van der Waals surface area contributed by atoms with Gasteiger partial charge in [0, 0.05) is 29.6 Å². The second-order valence-electron chi connectivity index (χ2n) is 7.58. The third-order valence-electron chi connectivity index (χ3n) is 5.60. The zero-order valence-electron chi connectivity index (χ0n) is 16.8. The van der Waals surface area contributed by atoms with Gasteiger partial charge >= 0.3 is 0 Å². The van der Waals surface area contributed by atoms with Crippen molar-refractivity contribution in [2.75, 3.05) is 0 Å². The molecule has 2 aromatic carbocycles. The van der Waals surface area contributed by atoms with E-state index in [1.165, 1.54) is 42.4 Å². The molecule has 0 amide bonds. The first kappa shape index (κ1) is 20.9. The van der Waals surface area contributed by atoms with Crippen LogP contribution in [0, 0.1) is 20.2 Å². The number of nitro groups is 2. The largest absolute Gasteiger partial charge is 0.313 e. The Morgan fingerprint density at radius 3 is 2.23 bits per heavy atom. The van der Waals surface area contributed by atoms with Crippen LogP contribution in [-0.4, -0.2) is 14.4 Å². The average Bonchev–Trinajstić information content (AvgIpc) is 2.99. The maximum atomic E-state index is 11.4. The fourth-order valence-electron chi connectivity index (χ4n) is 4.05. The van der Waals surface area contributed by atoms with Crippen molar-refractivity contribution in [2.45, 2.75) is 44.6 Å². The number of rotatable bonds is 5. The van der Waals surface area contributed by atoms with Crippen molar-refractivity contribution in [3.63, 3.8) is 0 Å². The summed E-state index contributed by atoms with van der Waals surface area (Å²) in [4.78, 5) is 27.0. The first-order valence-electron chi connectivity index (χ1n) is 10.3. The summed E-state index contributed by atoms with van der Waals surface area (Å²) in [6, 6.07) is 13.2. The van der Waals surface area contributed by atoms with E-state index in [1.54, 1.807) is 30.3 Å². The molecule has 9 heteroatoms. The topological polar surface area (TPSA) is 104 Å². The molecule has 0 aliphatic heterocycles. The van der Waals surface area contributed by atoms with Crippen LogP contribution in [0.4, 0.5) is 17.1 Å². The molecule has 4 rings (SSSR count). The molecular formula is C22H22N4O4S. The summed E-state index contributed by atoms with van der Waals surface area (Å²) in [5.74, 6) is 0. The number of thiazole rings is 1. The van der Waals surface area contributed by atoms with Gasteiger partial charge in [-0.2, -0.15) is 0 Å². The monoisotopic (exact) mass is 438 g/mol. The molecule has 0 N–H and O–H groups in total. The predicted molar refractivity (Wildman–Crippen MR) is 119 cm³/mol. The average molecular weight is 439 g/mol. The number of hydrogen-bond donors (Lipinski definition) is 0. The van der Waals surface area contributed by atoms with Crippen LogP contribution in [0.2, 0.25) is 0 Å². The van der Waals surface area contributed by atoms with E-state index in [2.05, 4.69) is 4.57 Å². The summed E-state index contributed by atoms with van der Waals surface area (Å²) in [6.07, 6.45) is 6.67. The molecule has 0 atom stereocenters. The Labute approximate surface area is 182 Å². The normalized spacial score (nSPS) is 15.5. The van der Waals surface area contributed by atoms with E-state index < -0.39 is 9.85 Å². The van der Waals surface area contributed by atoms with E-state index in [0.29, 0.717) is 10.5 Å². The number of benzene rings is 2. The lowest BCUT2D eigenvalue weighted by Crippen LogP contribution is -2.21. The zero-order valence-corrected chi connectivity index (χ0v) is 17.7. The highest BCUT2D eigenvalue weighted by atomic mass is 32.1. The lowest BCUT2D eigenvalue weighted by Gasteiger charge is -2.20. The molecule has 1 aliphatic rings. The number of non-ortho nitro benzene ring substituents is 1. The molecule has 0 bridgehead atoms. The molecule has 0 unspecified atom stereocenters. The Kier molecular flexibility index (Phi) is 6.22. The van der Waals surface area contributed by atoms with E-state index in [4.69, 9.17) is 4.99 Å². The minimum atomic E-state index is -0.417. The number of hydrogen-bond acceptors (Lipinski definition) is 6. The van der Waals surface area contributed by atoms with E-state index in [1.807, 2.05) is 5.38 Å². The molecule has 160 valence electrons. The number of nitrogens with zero attached hydrogens (tertiary/aromatic N) is 4. The summed E-state index contributed by atoms with van der Waals surface area (Å²) in [7, 11) is 0. The van der Waals surface area contributed by atoms with Crippen molar-refractivity contribution < 1.29 is 9.85 Å². The van der Waals surface area contributed by atoms with Gasteiger partial charge in [0.25, 0.3) is 11.4 Å². The van der Waals surface area contributed by atoms with Gasteiger partial charge in [-0.25, -0.2) is 4.99 Å². The number of nitro benzene ring substituents is 2. The van der Waals surface area contributed by atoms with Crippen molar-refractivity contribution in [3.05, 3.63) is 78.9 Å². The van der Waals surface area contributed by atoms with Crippen molar-refractivity contribution in [3.8, 4) is 11.3 Å². The second kappa shape index (κ2) is 9.22. The van der Waals surface area contributed by atoms with Crippen LogP contribution < -0.4 is 4.80 Å². The first-order chi connectivity index (χ1) is 15.0. The summed E-state index contributed by atoms with van der Waals surface area (Å²) < 4.78 is 2.17. The molecule has 8 nitrogen and oxygen atoms in total. The van der Waals surface area contributed by atoms with Crippen LogP contribution in [0.1, 0.15) is 44.6 Å². The van der Waals surface area contributed by atoms with Crippen LogP contribution in [0.15, 0.2) is 58.9 Å². The first-order valence-corrected chi connectivity index (χ1v) is 11.2. The summed E-state index contributed by atoms with van der Waals surface area (Å²) >= 11 is 1.44. The van der Waals surface area contributed by atoms with E-state index in [9.17, 15) is 20.2 Å². The third kappa shape index (κ3) is 4.56. The second-order valence-corrected chi connectivity index (χ2v) is 8.42. The van der Waals surface area contributed by atoms with Crippen LogP contribution in [0.3, 0.4) is 0 Å². The van der Waals surface area contributed by atoms with Gasteiger partial charge in [0.1, 0.15) is 5.69 Å². The van der Waals surface area contributed by atoms with Crippen molar-refractivity contribution in [1.82, 2.24) is 4.57 Å². The number of aromatic nitrogens is 1. The molecule has 1 aliphatic carbocycles. The van der Waals surface area contributed by atoms with Gasteiger partial charge in [-0.1, -0.05) is 37.8 Å². The van der Waals surface area contributed by atoms with Gasteiger partial charge in [0.15, 0.2) is 4.80 Å². The Morgan fingerprint density at radius 2 is 1.58 bits per heavy atom. The Bertz CT molecular complexity index is 1160. The smallest absolute Gasteiger partial charge is 0.294 e. The van der Waals surface area contributed by atoms with Gasteiger partial charge in [-0.3, -0.25) is 20.2 Å². The molecule has 1 heterocycles. The van der Waals surface area contributed by atoms with Gasteiger partial charge in [0.05, 0.1) is 15.5 Å². The van der Waals surface area contributed by atoms with Crippen LogP contribution in [0.5, 0.6) is 0 Å². The van der Waals surface area contributed by atoms with E-state index >= 15 is 0 Å². The van der Waals surface area contributed by atoms with Gasteiger partial charge in [-0.15, -0.1) is 11.3 Å². The molecule has 1 aromatic heterocycles. The van der Waals surface area contributed by atoms with Crippen LogP contribution >= 0.6 is 11.3 Å². The fourth-order valence-corrected chi connectivity index (χ4v) is 5.03. The molecule has 1 saturated carbocycles. The zero-order chi connectivity index (χ0) is 21.8. The van der Waals surface area contributed by atoms with Crippen molar-refractivity contribution >= 4 is 28.4 Å². The van der Waals surface area contributed by atoms with Crippen molar-refractivity contribution in [1.29, 1.82) is 0 Å². The van der Waals surface area contributed by atoms with Crippen LogP contribution in [-0.2, 0) is 0 Å². The van der Waals surface area contributed by atoms with Crippen LogP contribution in [0.25, 0.3) is 11.3 Å². The molecule has 1 fully saturated rings. The summed E-state index contributed by atoms with van der Waals surface area (Å²) in [6.45, 7) is 0. The maximum absolute atomic E-state index is 11.4. The van der Waals surface area contributed by atoms with Gasteiger partial charge < -0.3 is 4.57 Å². The fraction of sp³-hybridized carbons (Fsp3) is 0.318. The van der Waals surface area contributed by atoms with Gasteiger partial charge in [-0.05, 0) is 36.6 Å². The molecular weight excluding hydrogens is 416 g/mol. The molecule has 0 saturated heterocycles. The number of para-hydroxylation sites is 2. The lowest BCUT2D eigenvalue weighted by molar-refractivity contribution is -0.384. The van der Waals surface area contributed by atoms with Crippen molar-refractivity contribution in [2.24, 2.45) is 4.99 Å². The predicted octanol–water partition coefficient (Wildman–Crippen LogP) is 6.16. The summed E-state index contributed by atoms with van der Waals surface area (Å²) in [5, 5.41) is 24.5. The van der Waals surface area contributed by atoms with E-state index in [-0.39, 0.29) is 17.4 Å². The highest BCUT2D eigenvalue weighted by Gasteiger charge is 2.21. The SMILES string of the molecule is O=[N+]([O-])c1ccc(-c2csc(=Nc3ccccc3[N+](=O)[O-])n2C2CCCCCC2)cc1. The quantitative estimate of drug-likeness (QED) is 0.270. The Hall–Kier alpha value is -3.33. The minimum absolute atomic E-state index is 0.0276. The maximum Gasteiger partial charge on any atom is 0.294 e. The summed E-state index contributed by atoms with van der Waals surface area (Å²) in [5.41, 5.74) is 2.15. The highest BCUT2D eigenvalue weighted by Crippen LogP contribution is 2.33. The Morgan fingerprint density at radius 1 is 0.903 bits per heavy atom. The lowest BCUT2D eigenvalue weighted by atomic mass is 10.1. The molecule has 0 spiro atoms. The Balaban J connectivity index is 1.86. The molecule has 31 heavy (non-hydrogen) atoms.